The van der Waals surface area contributed by atoms with Gasteiger partial charge in [-0.15, -0.1) is 0 Å². The Balaban J connectivity index is 2.45. The molecule has 1 aliphatic rings. The van der Waals surface area contributed by atoms with Gasteiger partial charge in [0.15, 0.2) is 0 Å². The molecule has 0 atom stereocenters. The minimum atomic E-state index is -1.26. The second-order valence-electron chi connectivity index (χ2n) is 1.78. The average molecular weight is 113 g/mol. The van der Waals surface area contributed by atoms with Crippen LogP contribution in [-0.4, -0.2) is 30.3 Å². The van der Waals surface area contributed by atoms with Crippen LogP contribution in [0, 0.1) is 0 Å². The minimum absolute atomic E-state index is 0.609. The maximum absolute atomic E-state index is 8.50. The van der Waals surface area contributed by atoms with E-state index in [1.165, 1.54) is 0 Å². The van der Waals surface area contributed by atoms with Crippen molar-refractivity contribution in [2.24, 2.45) is 0 Å². The number of nitrogens with one attached hydrogen (secondary N) is 1. The summed E-state index contributed by atoms with van der Waals surface area (Å²) in [5.41, 5.74) is 0.671. The van der Waals surface area contributed by atoms with Gasteiger partial charge in [-0.1, -0.05) is 6.08 Å². The summed E-state index contributed by atoms with van der Waals surface area (Å²) in [5.74, 6) is 0. The Hall–Kier alpha value is -0.315. The highest BCUT2D eigenvalue weighted by atomic mass is 16.4. The van der Waals surface area contributed by atoms with Crippen molar-refractivity contribution in [2.75, 3.05) is 13.1 Å². The Morgan fingerprint density at radius 1 is 1.62 bits per heavy atom. The average Bonchev–Trinajstić information content (AvgIpc) is 2.12. The summed E-state index contributed by atoms with van der Waals surface area (Å²) in [7, 11) is -1.26. The second-order valence-corrected chi connectivity index (χ2v) is 1.78. The van der Waals surface area contributed by atoms with Crippen LogP contribution in [0.5, 0.6) is 0 Å². The molecule has 1 heterocycles. The number of hydrogen-bond acceptors (Lipinski definition) is 3. The zero-order chi connectivity index (χ0) is 5.98. The first kappa shape index (κ1) is 5.82. The van der Waals surface area contributed by atoms with E-state index in [2.05, 4.69) is 5.32 Å². The highest BCUT2D eigenvalue weighted by Gasteiger charge is 2.16. The van der Waals surface area contributed by atoms with Gasteiger partial charge in [0.2, 0.25) is 0 Å². The Bertz CT molecular complexity index is 113. The predicted molar refractivity (Wildman–Crippen MR) is 31.1 cm³/mol. The van der Waals surface area contributed by atoms with E-state index >= 15 is 0 Å². The minimum Gasteiger partial charge on any atom is -0.423 e. The van der Waals surface area contributed by atoms with Gasteiger partial charge in [0.25, 0.3) is 0 Å². The molecule has 3 N–H and O–H groups in total. The normalized spacial score (nSPS) is 18.5. The Labute approximate surface area is 48.2 Å². The van der Waals surface area contributed by atoms with Gasteiger partial charge in [-0.2, -0.15) is 0 Å². The van der Waals surface area contributed by atoms with E-state index in [1.54, 1.807) is 6.08 Å². The standard InChI is InChI=1S/C4H8BNO2/c7-5(8)4-1-2-6-3-4/h1,6-8H,2-3H2. The highest BCUT2D eigenvalue weighted by Crippen LogP contribution is 1.97. The van der Waals surface area contributed by atoms with Crippen LogP contribution in [0.25, 0.3) is 0 Å². The molecule has 0 radical (unpaired) electrons. The lowest BCUT2D eigenvalue weighted by Crippen LogP contribution is -2.20. The summed E-state index contributed by atoms with van der Waals surface area (Å²) >= 11 is 0. The van der Waals surface area contributed by atoms with Crippen LogP contribution in [0.2, 0.25) is 0 Å². The largest absolute Gasteiger partial charge is 0.485 e. The smallest absolute Gasteiger partial charge is 0.423 e. The highest BCUT2D eigenvalue weighted by molar-refractivity contribution is 6.51. The van der Waals surface area contributed by atoms with Crippen LogP contribution in [0.3, 0.4) is 0 Å². The first-order chi connectivity index (χ1) is 3.80. The molecule has 0 bridgehead atoms. The van der Waals surface area contributed by atoms with Crippen molar-refractivity contribution in [1.82, 2.24) is 5.32 Å². The van der Waals surface area contributed by atoms with E-state index < -0.39 is 7.12 Å². The van der Waals surface area contributed by atoms with Crippen LogP contribution >= 0.6 is 0 Å². The fourth-order valence-electron chi connectivity index (χ4n) is 0.689. The summed E-state index contributed by atoms with van der Waals surface area (Å²) in [6.07, 6.45) is 1.78. The van der Waals surface area contributed by atoms with Gasteiger partial charge in [0, 0.05) is 13.1 Å². The summed E-state index contributed by atoms with van der Waals surface area (Å²) in [5, 5.41) is 19.9. The Morgan fingerprint density at radius 3 is 2.62 bits per heavy atom. The van der Waals surface area contributed by atoms with Crippen LogP contribution in [0.1, 0.15) is 0 Å². The molecule has 0 fully saturated rings. The predicted octanol–water partition coefficient (Wildman–Crippen LogP) is -1.47. The van der Waals surface area contributed by atoms with Gasteiger partial charge in [0.05, 0.1) is 0 Å². The molecule has 0 saturated heterocycles. The molecule has 0 spiro atoms. The summed E-state index contributed by atoms with van der Waals surface area (Å²) in [4.78, 5) is 0. The van der Waals surface area contributed by atoms with E-state index in [0.717, 1.165) is 6.54 Å². The lowest BCUT2D eigenvalue weighted by atomic mass is 9.80. The Morgan fingerprint density at radius 2 is 2.38 bits per heavy atom. The van der Waals surface area contributed by atoms with Gasteiger partial charge in [0.1, 0.15) is 0 Å². The zero-order valence-electron chi connectivity index (χ0n) is 4.46. The molecular weight excluding hydrogens is 105 g/mol. The maximum Gasteiger partial charge on any atom is 0.485 e. The molecule has 0 amide bonds. The molecule has 0 aromatic carbocycles. The third kappa shape index (κ3) is 1.09. The van der Waals surface area contributed by atoms with Gasteiger partial charge in [-0.05, 0) is 5.47 Å². The monoisotopic (exact) mass is 113 g/mol. The molecule has 3 nitrogen and oxygen atoms in total. The lowest BCUT2D eigenvalue weighted by Gasteiger charge is -1.94. The Kier molecular flexibility index (Phi) is 1.67. The fourth-order valence-corrected chi connectivity index (χ4v) is 0.689. The lowest BCUT2D eigenvalue weighted by molar-refractivity contribution is 0.418. The molecular formula is C4H8BNO2. The van der Waals surface area contributed by atoms with E-state index in [-0.39, 0.29) is 0 Å². The summed E-state index contributed by atoms with van der Waals surface area (Å²) < 4.78 is 0. The topological polar surface area (TPSA) is 52.5 Å². The van der Waals surface area contributed by atoms with E-state index in [4.69, 9.17) is 10.0 Å². The second kappa shape index (κ2) is 2.30. The SMILES string of the molecule is OB(O)C1=CCNC1. The van der Waals surface area contributed by atoms with Crippen molar-refractivity contribution < 1.29 is 10.0 Å². The van der Waals surface area contributed by atoms with Crippen molar-refractivity contribution in [1.29, 1.82) is 0 Å². The van der Waals surface area contributed by atoms with Crippen molar-refractivity contribution in [3.63, 3.8) is 0 Å². The van der Waals surface area contributed by atoms with Crippen molar-refractivity contribution in [2.45, 2.75) is 0 Å². The molecule has 0 aromatic rings. The third-order valence-electron chi connectivity index (χ3n) is 1.17. The van der Waals surface area contributed by atoms with E-state index in [0.29, 0.717) is 12.0 Å². The van der Waals surface area contributed by atoms with Gasteiger partial charge < -0.3 is 15.4 Å². The van der Waals surface area contributed by atoms with Gasteiger partial charge in [-0.3, -0.25) is 0 Å². The molecule has 4 heteroatoms. The summed E-state index contributed by atoms with van der Waals surface area (Å²) in [6.45, 7) is 1.37. The van der Waals surface area contributed by atoms with E-state index in [9.17, 15) is 0 Å². The first-order valence-electron chi connectivity index (χ1n) is 2.56. The fraction of sp³-hybridized carbons (Fsp3) is 0.500. The van der Waals surface area contributed by atoms with Crippen LogP contribution < -0.4 is 5.32 Å². The first-order valence-corrected chi connectivity index (χ1v) is 2.56. The van der Waals surface area contributed by atoms with Crippen LogP contribution in [0.15, 0.2) is 11.5 Å². The molecule has 0 unspecified atom stereocenters. The van der Waals surface area contributed by atoms with Gasteiger partial charge in [-0.25, -0.2) is 0 Å². The molecule has 1 aliphatic heterocycles. The van der Waals surface area contributed by atoms with Crippen molar-refractivity contribution in [3.05, 3.63) is 11.5 Å². The quantitative estimate of drug-likeness (QED) is 0.364. The van der Waals surface area contributed by atoms with Crippen LogP contribution in [-0.2, 0) is 0 Å². The number of rotatable bonds is 1. The molecule has 0 aliphatic carbocycles. The van der Waals surface area contributed by atoms with Crippen molar-refractivity contribution >= 4 is 7.12 Å². The molecule has 0 saturated carbocycles. The number of hydrogen-bond donors (Lipinski definition) is 3. The van der Waals surface area contributed by atoms with Crippen LogP contribution in [0.4, 0.5) is 0 Å². The van der Waals surface area contributed by atoms with Crippen molar-refractivity contribution in [3.8, 4) is 0 Å². The molecule has 0 aromatic heterocycles. The third-order valence-corrected chi connectivity index (χ3v) is 1.17. The zero-order valence-corrected chi connectivity index (χ0v) is 4.46. The maximum atomic E-state index is 8.50. The summed E-state index contributed by atoms with van der Waals surface area (Å²) in [6, 6.07) is 0. The molecule has 1 rings (SSSR count). The van der Waals surface area contributed by atoms with Gasteiger partial charge >= 0.3 is 7.12 Å². The molecule has 8 heavy (non-hydrogen) atoms. The molecule has 44 valence electrons. The van der Waals surface area contributed by atoms with E-state index in [1.807, 2.05) is 0 Å².